The molecule has 1 aromatic heterocycles. The van der Waals surface area contributed by atoms with Gasteiger partial charge in [0, 0.05) is 24.5 Å². The zero-order chi connectivity index (χ0) is 13.1. The van der Waals surface area contributed by atoms with Crippen LogP contribution in [0.25, 0.3) is 0 Å². The quantitative estimate of drug-likeness (QED) is 0.645. The van der Waals surface area contributed by atoms with Gasteiger partial charge in [0.2, 0.25) is 0 Å². The van der Waals surface area contributed by atoms with E-state index in [2.05, 4.69) is 24.1 Å². The van der Waals surface area contributed by atoms with Gasteiger partial charge in [-0.3, -0.25) is 4.98 Å². The number of pyridine rings is 1. The summed E-state index contributed by atoms with van der Waals surface area (Å²) in [7, 11) is 0. The van der Waals surface area contributed by atoms with Crippen molar-refractivity contribution in [2.75, 3.05) is 13.2 Å². The second-order valence-electron chi connectivity index (χ2n) is 4.53. The summed E-state index contributed by atoms with van der Waals surface area (Å²) in [5.74, 6) is 0.974. The van der Waals surface area contributed by atoms with Crippen LogP contribution in [0.2, 0.25) is 0 Å². The Hall–Kier alpha value is -1.09. The number of unbranched alkanes of at least 4 members (excludes halogenated alkanes) is 4. The van der Waals surface area contributed by atoms with E-state index < -0.39 is 0 Å². The highest BCUT2D eigenvalue weighted by Gasteiger charge is 2.02. The van der Waals surface area contributed by atoms with Crippen LogP contribution in [0, 0.1) is 0 Å². The molecule has 3 nitrogen and oxygen atoms in total. The lowest BCUT2D eigenvalue weighted by molar-refractivity contribution is 0.300. The summed E-state index contributed by atoms with van der Waals surface area (Å²) in [5.41, 5.74) is 1.15. The Morgan fingerprint density at radius 2 is 2.00 bits per heavy atom. The standard InChI is InChI=1S/C15H26N2O/c1-3-5-6-7-8-11-18-15-9-10-17-13-14(15)12-16-4-2/h9-10,13,16H,3-8,11-12H2,1-2H3. The van der Waals surface area contributed by atoms with Crippen molar-refractivity contribution in [3.63, 3.8) is 0 Å². The maximum Gasteiger partial charge on any atom is 0.126 e. The summed E-state index contributed by atoms with van der Waals surface area (Å²) in [4.78, 5) is 4.15. The first kappa shape index (κ1) is 15.0. The molecule has 0 radical (unpaired) electrons. The zero-order valence-corrected chi connectivity index (χ0v) is 11.7. The predicted octanol–water partition coefficient (Wildman–Crippen LogP) is 3.54. The van der Waals surface area contributed by atoms with Crippen LogP contribution in [0.4, 0.5) is 0 Å². The van der Waals surface area contributed by atoms with E-state index in [1.165, 1.54) is 25.7 Å². The number of hydrogen-bond donors (Lipinski definition) is 1. The summed E-state index contributed by atoms with van der Waals surface area (Å²) >= 11 is 0. The fraction of sp³-hybridized carbons (Fsp3) is 0.667. The van der Waals surface area contributed by atoms with Gasteiger partial charge in [-0.25, -0.2) is 0 Å². The van der Waals surface area contributed by atoms with E-state index in [0.717, 1.165) is 37.4 Å². The van der Waals surface area contributed by atoms with Gasteiger partial charge < -0.3 is 10.1 Å². The Kier molecular flexibility index (Phi) is 8.23. The second-order valence-corrected chi connectivity index (χ2v) is 4.53. The van der Waals surface area contributed by atoms with Crippen LogP contribution in [-0.4, -0.2) is 18.1 Å². The number of nitrogens with zero attached hydrogens (tertiary/aromatic N) is 1. The summed E-state index contributed by atoms with van der Waals surface area (Å²) in [5, 5.41) is 3.30. The van der Waals surface area contributed by atoms with Gasteiger partial charge in [-0.15, -0.1) is 0 Å². The number of ether oxygens (including phenoxy) is 1. The van der Waals surface area contributed by atoms with Gasteiger partial charge in [0.15, 0.2) is 0 Å². The SMILES string of the molecule is CCCCCCCOc1ccncc1CNCC. The van der Waals surface area contributed by atoms with Crippen molar-refractivity contribution in [2.24, 2.45) is 0 Å². The van der Waals surface area contributed by atoms with Crippen LogP contribution in [0.5, 0.6) is 5.75 Å². The van der Waals surface area contributed by atoms with Crippen LogP contribution >= 0.6 is 0 Å². The third kappa shape index (κ3) is 6.01. The Balaban J connectivity index is 2.27. The molecule has 18 heavy (non-hydrogen) atoms. The van der Waals surface area contributed by atoms with Crippen LogP contribution in [-0.2, 0) is 6.54 Å². The van der Waals surface area contributed by atoms with Crippen LogP contribution < -0.4 is 10.1 Å². The van der Waals surface area contributed by atoms with Gasteiger partial charge >= 0.3 is 0 Å². The first-order valence-electron chi connectivity index (χ1n) is 7.14. The Morgan fingerprint density at radius 1 is 1.17 bits per heavy atom. The average Bonchev–Trinajstić information content (AvgIpc) is 2.41. The first-order chi connectivity index (χ1) is 8.88. The number of hydrogen-bond acceptors (Lipinski definition) is 3. The Bertz CT molecular complexity index is 315. The Morgan fingerprint density at radius 3 is 2.78 bits per heavy atom. The normalized spacial score (nSPS) is 10.6. The highest BCUT2D eigenvalue weighted by atomic mass is 16.5. The van der Waals surface area contributed by atoms with Crippen molar-refractivity contribution in [1.82, 2.24) is 10.3 Å². The highest BCUT2D eigenvalue weighted by Crippen LogP contribution is 2.17. The van der Waals surface area contributed by atoms with E-state index in [4.69, 9.17) is 4.74 Å². The fourth-order valence-electron chi connectivity index (χ4n) is 1.84. The van der Waals surface area contributed by atoms with Gasteiger partial charge in [0.05, 0.1) is 6.61 Å². The van der Waals surface area contributed by atoms with Crippen LogP contribution in [0.1, 0.15) is 51.5 Å². The molecule has 0 atom stereocenters. The fourth-order valence-corrected chi connectivity index (χ4v) is 1.84. The molecule has 0 saturated heterocycles. The van der Waals surface area contributed by atoms with Crippen molar-refractivity contribution in [3.8, 4) is 5.75 Å². The van der Waals surface area contributed by atoms with Gasteiger partial charge in [0.1, 0.15) is 5.75 Å². The maximum atomic E-state index is 5.83. The number of rotatable bonds is 10. The third-order valence-electron chi connectivity index (χ3n) is 2.93. The van der Waals surface area contributed by atoms with Crippen molar-refractivity contribution < 1.29 is 4.74 Å². The molecule has 0 fully saturated rings. The molecule has 1 N–H and O–H groups in total. The highest BCUT2D eigenvalue weighted by molar-refractivity contribution is 5.29. The molecule has 0 aliphatic rings. The lowest BCUT2D eigenvalue weighted by Gasteiger charge is -2.11. The first-order valence-corrected chi connectivity index (χ1v) is 7.14. The molecule has 0 spiro atoms. The molecule has 102 valence electrons. The lowest BCUT2D eigenvalue weighted by atomic mass is 10.2. The molecule has 0 unspecified atom stereocenters. The summed E-state index contributed by atoms with van der Waals surface area (Å²) in [6, 6.07) is 1.96. The molecule has 3 heteroatoms. The van der Waals surface area contributed by atoms with E-state index >= 15 is 0 Å². The van der Waals surface area contributed by atoms with Crippen molar-refractivity contribution >= 4 is 0 Å². The average molecular weight is 250 g/mol. The summed E-state index contributed by atoms with van der Waals surface area (Å²) in [6.45, 7) is 6.94. The molecule has 0 amide bonds. The van der Waals surface area contributed by atoms with Gasteiger partial charge in [-0.1, -0.05) is 39.5 Å². The molecule has 0 bridgehead atoms. The molecule has 1 heterocycles. The molecule has 0 saturated carbocycles. The minimum absolute atomic E-state index is 0.812. The Labute approximate surface area is 111 Å². The van der Waals surface area contributed by atoms with Gasteiger partial charge in [-0.2, -0.15) is 0 Å². The topological polar surface area (TPSA) is 34.1 Å². The maximum absolute atomic E-state index is 5.83. The van der Waals surface area contributed by atoms with E-state index in [1.54, 1.807) is 6.20 Å². The monoisotopic (exact) mass is 250 g/mol. The van der Waals surface area contributed by atoms with Crippen molar-refractivity contribution in [2.45, 2.75) is 52.5 Å². The van der Waals surface area contributed by atoms with E-state index in [0.29, 0.717) is 0 Å². The van der Waals surface area contributed by atoms with E-state index in [9.17, 15) is 0 Å². The molecule has 1 aromatic rings. The third-order valence-corrected chi connectivity index (χ3v) is 2.93. The predicted molar refractivity (Wildman–Crippen MR) is 75.9 cm³/mol. The molecular weight excluding hydrogens is 224 g/mol. The van der Waals surface area contributed by atoms with Crippen LogP contribution in [0.15, 0.2) is 18.5 Å². The lowest BCUT2D eigenvalue weighted by Crippen LogP contribution is -2.13. The second kappa shape index (κ2) is 9.89. The molecular formula is C15H26N2O. The van der Waals surface area contributed by atoms with Crippen molar-refractivity contribution in [1.29, 1.82) is 0 Å². The number of nitrogens with one attached hydrogen (secondary N) is 1. The summed E-state index contributed by atoms with van der Waals surface area (Å²) < 4.78 is 5.83. The minimum atomic E-state index is 0.812. The molecule has 0 aliphatic heterocycles. The smallest absolute Gasteiger partial charge is 0.126 e. The van der Waals surface area contributed by atoms with Gasteiger partial charge in [-0.05, 0) is 19.0 Å². The molecule has 1 rings (SSSR count). The van der Waals surface area contributed by atoms with Crippen molar-refractivity contribution in [3.05, 3.63) is 24.0 Å². The summed E-state index contributed by atoms with van der Waals surface area (Å²) in [6.07, 6.45) is 10.0. The van der Waals surface area contributed by atoms with E-state index in [-0.39, 0.29) is 0 Å². The molecule has 0 aromatic carbocycles. The van der Waals surface area contributed by atoms with E-state index in [1.807, 2.05) is 12.3 Å². The van der Waals surface area contributed by atoms with Gasteiger partial charge in [0.25, 0.3) is 0 Å². The minimum Gasteiger partial charge on any atom is -0.493 e. The van der Waals surface area contributed by atoms with Crippen LogP contribution in [0.3, 0.4) is 0 Å². The molecule has 0 aliphatic carbocycles. The number of aromatic nitrogens is 1. The largest absolute Gasteiger partial charge is 0.493 e. The zero-order valence-electron chi connectivity index (χ0n) is 11.7.